The maximum Gasteiger partial charge on any atom is 0.276 e. The molecule has 0 aliphatic rings. The van der Waals surface area contributed by atoms with Gasteiger partial charge in [-0.05, 0) is 48.4 Å². The van der Waals surface area contributed by atoms with Crippen LogP contribution in [0.5, 0.6) is 0 Å². The number of nitrogens with one attached hydrogen (secondary N) is 2. The zero-order valence-corrected chi connectivity index (χ0v) is 15.3. The van der Waals surface area contributed by atoms with E-state index in [1.165, 1.54) is 12.3 Å². The summed E-state index contributed by atoms with van der Waals surface area (Å²) in [5, 5.41) is 5.83. The van der Waals surface area contributed by atoms with Crippen molar-refractivity contribution < 1.29 is 13.9 Å². The van der Waals surface area contributed by atoms with Crippen molar-refractivity contribution >= 4 is 17.3 Å². The predicted octanol–water partition coefficient (Wildman–Crippen LogP) is 4.47. The maximum atomic E-state index is 13.7. The molecule has 1 heterocycles. The second-order valence-corrected chi connectivity index (χ2v) is 5.68. The Labute approximate surface area is 158 Å². The average Bonchev–Trinajstić information content (AvgIpc) is 2.67. The van der Waals surface area contributed by atoms with E-state index in [1.807, 2.05) is 6.08 Å². The number of aryl methyl sites for hydroxylation is 1. The van der Waals surface area contributed by atoms with Crippen LogP contribution in [0.4, 0.5) is 15.8 Å². The van der Waals surface area contributed by atoms with Gasteiger partial charge in [0, 0.05) is 18.4 Å². The predicted molar refractivity (Wildman–Crippen MR) is 106 cm³/mol. The van der Waals surface area contributed by atoms with Crippen molar-refractivity contribution in [3.05, 3.63) is 90.2 Å². The molecule has 2 rings (SSSR count). The summed E-state index contributed by atoms with van der Waals surface area (Å²) in [5.74, 6) is -0.804. The number of hydrogen-bond acceptors (Lipinski definition) is 4. The minimum absolute atomic E-state index is 0.217. The summed E-state index contributed by atoms with van der Waals surface area (Å²) in [7, 11) is 1.57. The lowest BCUT2D eigenvalue weighted by Crippen LogP contribution is -2.17. The molecule has 6 heteroatoms. The van der Waals surface area contributed by atoms with Crippen LogP contribution in [0.1, 0.15) is 16.1 Å². The highest BCUT2D eigenvalue weighted by Gasteiger charge is 2.13. The van der Waals surface area contributed by atoms with E-state index in [0.717, 1.165) is 5.57 Å². The molecule has 0 bridgehead atoms. The Kier molecular flexibility index (Phi) is 7.31. The molecule has 0 spiro atoms. The van der Waals surface area contributed by atoms with Gasteiger partial charge in [0.05, 0.1) is 19.1 Å². The third kappa shape index (κ3) is 5.81. The number of allylic oxidation sites excluding steroid dienone is 2. The number of anilines is 2. The fourth-order valence-electron chi connectivity index (χ4n) is 2.23. The molecule has 0 fully saturated rings. The average molecular weight is 367 g/mol. The molecule has 5 nitrogen and oxygen atoms in total. The highest BCUT2D eigenvalue weighted by Crippen LogP contribution is 2.18. The largest absolute Gasteiger partial charge is 0.504 e. The number of rotatable bonds is 8. The first-order chi connectivity index (χ1) is 13.0. The number of pyridine rings is 1. The van der Waals surface area contributed by atoms with Gasteiger partial charge in [0.1, 0.15) is 5.82 Å². The summed E-state index contributed by atoms with van der Waals surface area (Å²) < 4.78 is 18.5. The Bertz CT molecular complexity index is 875. The van der Waals surface area contributed by atoms with Gasteiger partial charge in [-0.25, -0.2) is 9.37 Å². The van der Waals surface area contributed by atoms with E-state index in [0.29, 0.717) is 23.5 Å². The van der Waals surface area contributed by atoms with Gasteiger partial charge < -0.3 is 15.4 Å². The molecule has 1 amide bonds. The lowest BCUT2D eigenvalue weighted by molar-refractivity contribution is 0.102. The number of amides is 1. The monoisotopic (exact) mass is 367 g/mol. The van der Waals surface area contributed by atoms with Crippen molar-refractivity contribution in [1.29, 1.82) is 0 Å². The second-order valence-electron chi connectivity index (χ2n) is 5.68. The third-order valence-corrected chi connectivity index (χ3v) is 3.72. The van der Waals surface area contributed by atoms with E-state index >= 15 is 0 Å². The number of carbonyl (C=O) groups excluding carboxylic acids is 1. The molecule has 0 saturated heterocycles. The summed E-state index contributed by atoms with van der Waals surface area (Å²) in [4.78, 5) is 16.7. The fraction of sp³-hybridized carbons (Fsp3) is 0.143. The van der Waals surface area contributed by atoms with Crippen LogP contribution in [0, 0.1) is 12.7 Å². The van der Waals surface area contributed by atoms with Crippen LogP contribution in [0.25, 0.3) is 0 Å². The molecule has 0 aliphatic carbocycles. The lowest BCUT2D eigenvalue weighted by atomic mass is 10.2. The quantitative estimate of drug-likeness (QED) is 0.534. The number of hydrogen-bond donors (Lipinski definition) is 2. The molecule has 0 radical (unpaired) electrons. The first-order valence-electron chi connectivity index (χ1n) is 8.32. The summed E-state index contributed by atoms with van der Waals surface area (Å²) in [6.07, 6.45) is 8.38. The highest BCUT2D eigenvalue weighted by molar-refractivity contribution is 6.06. The first kappa shape index (κ1) is 19.9. The number of methoxy groups -OCH3 is 1. The van der Waals surface area contributed by atoms with Crippen molar-refractivity contribution in [2.45, 2.75) is 6.92 Å². The SMILES string of the molecule is C=CC(=CC=COC)CNc1cccnc1C(=O)Nc1ccc(C)c(F)c1. The molecule has 2 aromatic rings. The van der Waals surface area contributed by atoms with E-state index in [4.69, 9.17) is 4.74 Å². The number of nitrogens with zero attached hydrogens (tertiary/aromatic N) is 1. The smallest absolute Gasteiger partial charge is 0.276 e. The molecule has 0 saturated carbocycles. The van der Waals surface area contributed by atoms with E-state index in [9.17, 15) is 9.18 Å². The van der Waals surface area contributed by atoms with Crippen LogP contribution in [0.15, 0.2) is 73.2 Å². The van der Waals surface area contributed by atoms with Gasteiger partial charge in [0.25, 0.3) is 5.91 Å². The van der Waals surface area contributed by atoms with Crippen molar-refractivity contribution in [2.24, 2.45) is 0 Å². The number of halogens is 1. The molecule has 140 valence electrons. The fourth-order valence-corrected chi connectivity index (χ4v) is 2.23. The minimum Gasteiger partial charge on any atom is -0.504 e. The van der Waals surface area contributed by atoms with Gasteiger partial charge in [-0.2, -0.15) is 0 Å². The van der Waals surface area contributed by atoms with Crippen molar-refractivity contribution in [3.63, 3.8) is 0 Å². The normalized spacial score (nSPS) is 11.3. The molecule has 0 aliphatic heterocycles. The standard InChI is InChI=1S/C21H22FN3O2/c1-4-16(7-6-12-27-3)14-24-19-8-5-11-23-20(19)21(26)25-17-10-9-15(2)18(22)13-17/h4-13,24H,1,14H2,2-3H3,(H,25,26). The van der Waals surface area contributed by atoms with Gasteiger partial charge >= 0.3 is 0 Å². The summed E-state index contributed by atoms with van der Waals surface area (Å²) in [6, 6.07) is 8.02. The molecular weight excluding hydrogens is 345 g/mol. The molecule has 0 unspecified atom stereocenters. The lowest BCUT2D eigenvalue weighted by Gasteiger charge is -2.12. The Hall–Kier alpha value is -3.41. The van der Waals surface area contributed by atoms with Crippen molar-refractivity contribution in [1.82, 2.24) is 4.98 Å². The number of carbonyl (C=O) groups is 1. The van der Waals surface area contributed by atoms with Gasteiger partial charge in [-0.15, -0.1) is 0 Å². The Morgan fingerprint density at radius 1 is 1.37 bits per heavy atom. The van der Waals surface area contributed by atoms with Crippen molar-refractivity contribution in [3.8, 4) is 0 Å². The number of aromatic nitrogens is 1. The summed E-state index contributed by atoms with van der Waals surface area (Å²) in [6.45, 7) is 5.88. The van der Waals surface area contributed by atoms with E-state index in [-0.39, 0.29) is 11.5 Å². The first-order valence-corrected chi connectivity index (χ1v) is 8.32. The second kappa shape index (κ2) is 9.91. The van der Waals surface area contributed by atoms with Crippen LogP contribution < -0.4 is 10.6 Å². The van der Waals surface area contributed by atoms with Gasteiger partial charge in [0.2, 0.25) is 0 Å². The summed E-state index contributed by atoms with van der Waals surface area (Å²) in [5.41, 5.74) is 2.56. The Morgan fingerprint density at radius 2 is 2.19 bits per heavy atom. The van der Waals surface area contributed by atoms with Crippen LogP contribution in [-0.2, 0) is 4.74 Å². The van der Waals surface area contributed by atoms with E-state index in [1.54, 1.807) is 56.7 Å². The summed E-state index contributed by atoms with van der Waals surface area (Å²) >= 11 is 0. The Morgan fingerprint density at radius 3 is 2.89 bits per heavy atom. The highest BCUT2D eigenvalue weighted by atomic mass is 19.1. The van der Waals surface area contributed by atoms with Gasteiger partial charge in [-0.3, -0.25) is 4.79 Å². The maximum absolute atomic E-state index is 13.7. The molecule has 2 N–H and O–H groups in total. The van der Waals surface area contributed by atoms with Crippen LogP contribution in [-0.4, -0.2) is 24.5 Å². The van der Waals surface area contributed by atoms with Crippen LogP contribution >= 0.6 is 0 Å². The van der Waals surface area contributed by atoms with Gasteiger partial charge in [0.15, 0.2) is 5.69 Å². The number of benzene rings is 1. The van der Waals surface area contributed by atoms with Gasteiger partial charge in [-0.1, -0.05) is 24.8 Å². The van der Waals surface area contributed by atoms with E-state index in [2.05, 4.69) is 22.2 Å². The Balaban J connectivity index is 2.13. The minimum atomic E-state index is -0.426. The molecule has 1 aromatic heterocycles. The molecule has 0 atom stereocenters. The van der Waals surface area contributed by atoms with E-state index < -0.39 is 5.91 Å². The molecule has 27 heavy (non-hydrogen) atoms. The number of ether oxygens (including phenoxy) is 1. The zero-order chi connectivity index (χ0) is 19.6. The zero-order valence-electron chi connectivity index (χ0n) is 15.3. The van der Waals surface area contributed by atoms with Crippen LogP contribution in [0.3, 0.4) is 0 Å². The third-order valence-electron chi connectivity index (χ3n) is 3.72. The molecular formula is C21H22FN3O2. The van der Waals surface area contributed by atoms with Crippen molar-refractivity contribution in [2.75, 3.05) is 24.3 Å². The topological polar surface area (TPSA) is 63.2 Å². The molecule has 1 aromatic carbocycles. The van der Waals surface area contributed by atoms with Crippen LogP contribution in [0.2, 0.25) is 0 Å².